The van der Waals surface area contributed by atoms with Gasteiger partial charge in [0.2, 0.25) is 13.9 Å². The zero-order valence-corrected chi connectivity index (χ0v) is 75.3. The van der Waals surface area contributed by atoms with E-state index in [1.165, 1.54) is 92.5 Å². The summed E-state index contributed by atoms with van der Waals surface area (Å²) in [6, 6.07) is 19.6. The number of allylic oxidation sites excluding steroid dienone is 5. The van der Waals surface area contributed by atoms with Crippen molar-refractivity contribution in [2.75, 3.05) is 38.5 Å². The fraction of sp³-hybridized carbons (Fsp3) is 0.344. The highest BCUT2D eigenvalue weighted by Crippen LogP contribution is 2.46. The van der Waals surface area contributed by atoms with Crippen molar-refractivity contribution < 1.29 is 17.6 Å². The third-order valence-corrected chi connectivity index (χ3v) is 24.6. The number of fused-ring (bicyclic) bond motifs is 10. The molecule has 20 rings (SSSR count). The van der Waals surface area contributed by atoms with Gasteiger partial charge in [0.05, 0.1) is 117 Å². The molecule has 0 amide bonds. The number of H-pyrrole nitrogens is 7. The van der Waals surface area contributed by atoms with Crippen LogP contribution in [0, 0.1) is 46.5 Å². The Morgan fingerprint density at radius 1 is 0.711 bits per heavy atom. The lowest BCUT2D eigenvalue weighted by atomic mass is 9.81. The first-order chi connectivity index (χ1) is 62.3. The van der Waals surface area contributed by atoms with E-state index in [4.69, 9.17) is 20.2 Å². The van der Waals surface area contributed by atoms with Gasteiger partial charge in [-0.1, -0.05) is 38.2 Å². The number of likely N-dealkylation sites (N-methyl/N-ethyl adjacent to an activating group) is 1. The van der Waals surface area contributed by atoms with E-state index in [9.17, 15) is 17.6 Å². The molecule has 3 unspecified atom stereocenters. The number of aliphatic imine (C=N–C) groups is 2. The number of thioether (sulfide) groups is 1. The molecule has 0 bridgehead atoms. The lowest BCUT2D eigenvalue weighted by Crippen LogP contribution is -2.33. The van der Waals surface area contributed by atoms with Gasteiger partial charge in [-0.25, -0.2) is 37.8 Å². The van der Waals surface area contributed by atoms with E-state index in [2.05, 4.69) is 230 Å². The van der Waals surface area contributed by atoms with Crippen molar-refractivity contribution in [1.29, 1.82) is 5.26 Å². The van der Waals surface area contributed by atoms with Gasteiger partial charge in [0.1, 0.15) is 0 Å². The molecule has 27 nitrogen and oxygen atoms in total. The Labute approximate surface area is 746 Å². The van der Waals surface area contributed by atoms with Crippen LogP contribution in [-0.2, 0) is 32.7 Å². The van der Waals surface area contributed by atoms with Gasteiger partial charge in [-0.3, -0.25) is 54.9 Å². The number of rotatable bonds is 17. The smallest absolute Gasteiger partial charge is 0.229 e. The van der Waals surface area contributed by atoms with Crippen molar-refractivity contribution in [3.8, 4) is 40.2 Å². The summed E-state index contributed by atoms with van der Waals surface area (Å²) in [5, 5.41) is 77.3. The molecule has 0 saturated carbocycles. The highest BCUT2D eigenvalue weighted by molar-refractivity contribution is 7.98. The Morgan fingerprint density at radius 2 is 1.42 bits per heavy atom. The number of nitrogens with one attached hydrogen (secondary N) is 9. The second-order valence-corrected chi connectivity index (χ2v) is 33.5. The maximum atomic E-state index is 9.62. The summed E-state index contributed by atoms with van der Waals surface area (Å²) in [5.41, 5.74) is 40.6. The van der Waals surface area contributed by atoms with Crippen LogP contribution in [0.4, 0.5) is 34.6 Å². The third kappa shape index (κ3) is 21.2. The largest absolute Gasteiger partial charge is 0.374 e. The zero-order valence-electron chi connectivity index (χ0n) is 74.5. The number of aromatic amines is 7. The summed E-state index contributed by atoms with van der Waals surface area (Å²) in [4.78, 5) is 22.0. The van der Waals surface area contributed by atoms with E-state index >= 15 is 0 Å². The molecular formula is C96H111F4N27S. The van der Waals surface area contributed by atoms with Crippen LogP contribution in [-0.4, -0.2) is 169 Å². The SMILES string of the molecule is C#N.C1=CC2NN=CC2c2c1nc(-c1cn[nH]c1)c1c2CCSC1.C=Cc1n[nH]c(C)c1-c1cnc(-c2cn[nH]c2C)cc1CCCC.CC1=C(CN(C)C(C)C)C(c2cn[nH]c2C)Nc2ccc3[nH]ncc3c21.Cc1nn(C)cc1C(=Nc1ccc2n[nH]c(C)c2c1)C1=CCCCC1.Cn1cc(C(=Nc2ccc3[nH]ncc3c2)C2=CCCCC2)cn1.FCF.FCF. The van der Waals surface area contributed by atoms with Gasteiger partial charge in [0, 0.05) is 165 Å². The standard InChI is InChI=1S/C20H26N6.C20H23N5.C19H23N5.C18H19N5.C16H15N5S.2CH2F2.CHN/c1-11(2)26(5)10-16-12(3)19-15-9-22-25-17(15)6-7-18(19)23-20(16)14-8-21-24-13(14)4;1-13-17-11-16(9-10-19(17)23-22-13)21-20(15-7-5-4-6-8-15)18-12-25(3)24-14(18)2;1-5-7-8-14-9-18(15-11-21-22-12(15)3)20-10-16(14)19-13(4)23-24-17(19)6-2;1-23-12-15(11-20-23)18(13-5-3-2-4-6-13)21-16-7-8-17-14(9-16)10-19-22-17;1-2-14-15(11-7-19-21-13(1)11)10-3-4-22-8-12(10)16(20-14)9-5-17-18-6-9;2*2-1-3;1-2/h6-9,11,20,23H,10H2,1-5H3,(H,21,24)(H,22,25);7,9-12H,4-6,8H2,1-3H3,(H,22,23);6,9-11H,2,5,7-8H2,1,3-4H3,(H,21,22)(H,23,24);5,7-12H,2-4,6H2,1H3,(H,19,22);1-2,5-7,11,13,21H,3-4,8H2,(H,17,18);2*1H2;1H. The molecule has 32 heteroatoms. The minimum Gasteiger partial charge on any atom is -0.374 e. The molecule has 14 heterocycles. The highest BCUT2D eigenvalue weighted by Gasteiger charge is 2.35. The molecule has 3 aromatic carbocycles. The van der Waals surface area contributed by atoms with E-state index in [0.717, 1.165) is 204 Å². The first kappa shape index (κ1) is 92.1. The molecule has 0 saturated heterocycles. The highest BCUT2D eigenvalue weighted by atomic mass is 32.2. The van der Waals surface area contributed by atoms with Crippen molar-refractivity contribution in [1.82, 2.24) is 111 Å². The van der Waals surface area contributed by atoms with Gasteiger partial charge in [-0.15, -0.1) is 0 Å². The average molecular weight is 1750 g/mol. The Balaban J connectivity index is 0.000000134. The van der Waals surface area contributed by atoms with Crippen LogP contribution in [0.3, 0.4) is 0 Å². The number of nitrogens with zero attached hydrogens (tertiary/aromatic N) is 18. The van der Waals surface area contributed by atoms with Crippen LogP contribution in [0.15, 0.2) is 173 Å². The quantitative estimate of drug-likeness (QED) is 0.0302. The maximum absolute atomic E-state index is 9.62. The Morgan fingerprint density at radius 3 is 2.10 bits per heavy atom. The first-order valence-electron chi connectivity index (χ1n) is 43.1. The lowest BCUT2D eigenvalue weighted by Gasteiger charge is -2.34. The van der Waals surface area contributed by atoms with E-state index in [-0.39, 0.29) is 12.1 Å². The van der Waals surface area contributed by atoms with E-state index in [1.54, 1.807) is 6.08 Å². The van der Waals surface area contributed by atoms with Gasteiger partial charge in [0.15, 0.2) is 0 Å². The van der Waals surface area contributed by atoms with Crippen LogP contribution in [0.25, 0.3) is 84.1 Å². The molecule has 0 radical (unpaired) electrons. The van der Waals surface area contributed by atoms with Gasteiger partial charge < -0.3 is 10.7 Å². The van der Waals surface area contributed by atoms with Crippen LogP contribution < -0.4 is 10.7 Å². The Kier molecular flexibility index (Phi) is 31.4. The molecule has 664 valence electrons. The van der Waals surface area contributed by atoms with Gasteiger partial charge >= 0.3 is 0 Å². The van der Waals surface area contributed by atoms with Crippen molar-refractivity contribution in [3.05, 3.63) is 242 Å². The van der Waals surface area contributed by atoms with E-state index in [0.29, 0.717) is 12.0 Å². The number of halogens is 4. The summed E-state index contributed by atoms with van der Waals surface area (Å²) in [5.74, 6) is 2.53. The summed E-state index contributed by atoms with van der Waals surface area (Å²) in [6.07, 6.45) is 45.9. The number of alkyl halides is 4. The number of aromatic nitrogens is 20. The Hall–Kier alpha value is -13.5. The summed E-state index contributed by atoms with van der Waals surface area (Å²) >= 11 is 1.99. The third-order valence-electron chi connectivity index (χ3n) is 23.7. The summed E-state index contributed by atoms with van der Waals surface area (Å²) < 4.78 is 42.2. The molecule has 0 spiro atoms. The maximum Gasteiger partial charge on any atom is 0.229 e. The van der Waals surface area contributed by atoms with E-state index in [1.807, 2.05) is 142 Å². The van der Waals surface area contributed by atoms with Gasteiger partial charge in [0.25, 0.3) is 0 Å². The summed E-state index contributed by atoms with van der Waals surface area (Å²) in [7, 11) is 6.08. The number of benzene rings is 3. The minimum atomic E-state index is -1.75. The van der Waals surface area contributed by atoms with Gasteiger partial charge in [-0.2, -0.15) is 62.8 Å². The lowest BCUT2D eigenvalue weighted by molar-refractivity contribution is 0.293. The second kappa shape index (κ2) is 43.6. The monoisotopic (exact) mass is 1750 g/mol. The molecule has 0 fully saturated rings. The molecule has 3 atom stereocenters. The predicted molar refractivity (Wildman–Crippen MR) is 507 cm³/mol. The minimum absolute atomic E-state index is 0.117. The number of pyridine rings is 2. The number of unbranched alkanes of at least 4 members (excludes halogenated alkanes) is 1. The molecule has 11 aromatic heterocycles. The number of aryl methyl sites for hydroxylation is 8. The van der Waals surface area contributed by atoms with Crippen LogP contribution in [0.1, 0.15) is 188 Å². The molecule has 6 aliphatic rings. The van der Waals surface area contributed by atoms with E-state index < -0.39 is 13.9 Å². The topological polar surface area (TPSA) is 350 Å². The number of hydrogen-bond acceptors (Lipinski definition) is 19. The zero-order chi connectivity index (χ0) is 90.5. The predicted octanol–water partition coefficient (Wildman–Crippen LogP) is 21.0. The van der Waals surface area contributed by atoms with Crippen molar-refractivity contribution in [2.24, 2.45) is 29.2 Å². The normalized spacial score (nSPS) is 16.0. The van der Waals surface area contributed by atoms with Crippen molar-refractivity contribution in [3.63, 3.8) is 0 Å². The van der Waals surface area contributed by atoms with Crippen molar-refractivity contribution in [2.45, 2.75) is 169 Å². The molecule has 9 N–H and O–H groups in total. The first-order valence-corrected chi connectivity index (χ1v) is 44.3. The number of anilines is 1. The average Bonchev–Trinajstić information content (AvgIpc) is 1.26. The molecule has 14 aromatic rings. The fourth-order valence-electron chi connectivity index (χ4n) is 16.9. The number of nitriles is 1. The Bertz CT molecular complexity index is 6380. The number of hydrogen-bond donors (Lipinski definition) is 9. The number of hydrazone groups is 1. The molecular weight excluding hydrogens is 1640 g/mol. The fourth-order valence-corrected chi connectivity index (χ4v) is 17.9. The van der Waals surface area contributed by atoms with Gasteiger partial charge in [-0.05, 0) is 250 Å². The second-order valence-electron chi connectivity index (χ2n) is 32.4. The van der Waals surface area contributed by atoms with Crippen LogP contribution in [0.5, 0.6) is 0 Å². The molecule has 128 heavy (non-hydrogen) atoms. The van der Waals surface area contributed by atoms with Crippen LogP contribution in [0.2, 0.25) is 0 Å². The van der Waals surface area contributed by atoms with Crippen molar-refractivity contribution >= 4 is 96.9 Å². The molecule has 3 aliphatic carbocycles. The summed E-state index contributed by atoms with van der Waals surface area (Å²) in [6.45, 7) is 23.9. The van der Waals surface area contributed by atoms with Crippen LogP contribution >= 0.6 is 11.8 Å². The molecule has 3 aliphatic heterocycles.